The Hall–Kier alpha value is -2.95. The summed E-state index contributed by atoms with van der Waals surface area (Å²) in [6, 6.07) is 23.0. The first-order valence-electron chi connectivity index (χ1n) is 11.6. The molecule has 200 valence electrons. The number of esters is 1. The van der Waals surface area contributed by atoms with E-state index in [2.05, 4.69) is 63.3 Å². The fourth-order valence-electron chi connectivity index (χ4n) is 4.05. The van der Waals surface area contributed by atoms with Gasteiger partial charge in [-0.3, -0.25) is 4.79 Å². The third-order valence-electron chi connectivity index (χ3n) is 5.79. The number of halogens is 5. The molecular weight excluding hydrogens is 749 g/mol. The van der Waals surface area contributed by atoms with Crippen LogP contribution in [-0.4, -0.2) is 23.1 Å². The molecule has 5 rings (SSSR count). The Balaban J connectivity index is 1.46. The van der Waals surface area contributed by atoms with Crippen molar-refractivity contribution in [2.45, 2.75) is 0 Å². The van der Waals surface area contributed by atoms with Crippen LogP contribution in [0.15, 0.2) is 97.4 Å². The van der Waals surface area contributed by atoms with Gasteiger partial charge in [-0.25, -0.2) is 10.2 Å². The summed E-state index contributed by atoms with van der Waals surface area (Å²) in [5.41, 5.74) is 5.68. The van der Waals surface area contributed by atoms with Crippen molar-refractivity contribution in [3.63, 3.8) is 0 Å². The zero-order chi connectivity index (χ0) is 28.4. The number of hydrogen-bond donors (Lipinski definition) is 2. The second-order valence-corrected chi connectivity index (χ2v) is 12.0. The Morgan fingerprint density at radius 1 is 0.900 bits per heavy atom. The number of nitrogens with zero attached hydrogens (tertiary/aromatic N) is 1. The molecular formula is C29H16Br3Cl2N3O3. The van der Waals surface area contributed by atoms with Crippen LogP contribution in [0.3, 0.4) is 0 Å². The Bertz CT molecular complexity index is 1790. The molecule has 0 saturated heterocycles. The van der Waals surface area contributed by atoms with Gasteiger partial charge in [0.05, 0.1) is 21.3 Å². The molecule has 0 aliphatic heterocycles. The molecule has 0 aliphatic carbocycles. The van der Waals surface area contributed by atoms with E-state index in [1.165, 1.54) is 6.21 Å². The second-order valence-electron chi connectivity index (χ2n) is 8.45. The van der Waals surface area contributed by atoms with Crippen LogP contribution in [0.1, 0.15) is 26.4 Å². The molecule has 1 amide bonds. The van der Waals surface area contributed by atoms with Crippen molar-refractivity contribution in [3.8, 4) is 16.9 Å². The van der Waals surface area contributed by atoms with E-state index >= 15 is 0 Å². The molecule has 0 bridgehead atoms. The number of hydrazone groups is 1. The third-order valence-corrected chi connectivity index (χ3v) is 7.88. The zero-order valence-corrected chi connectivity index (χ0v) is 26.4. The number of nitrogens with one attached hydrogen (secondary N) is 2. The van der Waals surface area contributed by atoms with Crippen LogP contribution in [0.2, 0.25) is 10.0 Å². The lowest BCUT2D eigenvalue weighted by molar-refractivity contribution is 0.0733. The van der Waals surface area contributed by atoms with Crippen molar-refractivity contribution in [2.24, 2.45) is 5.10 Å². The molecule has 0 radical (unpaired) electrons. The lowest BCUT2D eigenvalue weighted by Crippen LogP contribution is -2.19. The van der Waals surface area contributed by atoms with E-state index in [9.17, 15) is 9.59 Å². The van der Waals surface area contributed by atoms with Crippen molar-refractivity contribution in [1.29, 1.82) is 0 Å². The molecule has 0 spiro atoms. The lowest BCUT2D eigenvalue weighted by Gasteiger charge is -2.11. The number of hydrogen-bond acceptors (Lipinski definition) is 4. The molecule has 0 aliphatic rings. The second kappa shape index (κ2) is 12.3. The predicted octanol–water partition coefficient (Wildman–Crippen LogP) is 9.41. The van der Waals surface area contributed by atoms with Crippen LogP contribution < -0.4 is 10.2 Å². The quantitative estimate of drug-likeness (QED) is 0.0783. The summed E-state index contributed by atoms with van der Waals surface area (Å²) in [5.74, 6) is -0.803. The Morgan fingerprint density at radius 3 is 2.35 bits per heavy atom. The van der Waals surface area contributed by atoms with Crippen LogP contribution in [-0.2, 0) is 0 Å². The highest BCUT2D eigenvalue weighted by molar-refractivity contribution is 9.11. The minimum absolute atomic E-state index is 0.242. The van der Waals surface area contributed by atoms with Crippen LogP contribution in [0.4, 0.5) is 0 Å². The summed E-state index contributed by atoms with van der Waals surface area (Å²) in [6.45, 7) is 0. The lowest BCUT2D eigenvalue weighted by atomic mass is 10.0. The summed E-state index contributed by atoms with van der Waals surface area (Å²) in [4.78, 5) is 29.3. The minimum Gasteiger partial charge on any atom is -0.421 e. The van der Waals surface area contributed by atoms with Gasteiger partial charge in [-0.1, -0.05) is 85.4 Å². The fraction of sp³-hybridized carbons (Fsp3) is 0. The highest BCUT2D eigenvalue weighted by Crippen LogP contribution is 2.38. The fourth-order valence-corrected chi connectivity index (χ4v) is 6.24. The van der Waals surface area contributed by atoms with Crippen molar-refractivity contribution >= 4 is 100.0 Å². The highest BCUT2D eigenvalue weighted by atomic mass is 79.9. The van der Waals surface area contributed by atoms with Crippen LogP contribution in [0, 0.1) is 0 Å². The number of fused-ring (bicyclic) bond motifs is 1. The van der Waals surface area contributed by atoms with Gasteiger partial charge in [0, 0.05) is 36.0 Å². The Labute approximate surface area is 264 Å². The third kappa shape index (κ3) is 6.19. The normalized spacial score (nSPS) is 11.2. The molecule has 0 fully saturated rings. The number of aromatic amines is 1. The maximum Gasteiger partial charge on any atom is 0.343 e. The molecule has 4 aromatic carbocycles. The summed E-state index contributed by atoms with van der Waals surface area (Å²) < 4.78 is 7.76. The van der Waals surface area contributed by atoms with Gasteiger partial charge in [0.25, 0.3) is 5.91 Å². The monoisotopic (exact) mass is 761 g/mol. The van der Waals surface area contributed by atoms with E-state index in [-0.39, 0.29) is 11.4 Å². The van der Waals surface area contributed by atoms with Crippen molar-refractivity contribution < 1.29 is 14.3 Å². The van der Waals surface area contributed by atoms with Crippen molar-refractivity contribution in [3.05, 3.63) is 119 Å². The van der Waals surface area contributed by atoms with Gasteiger partial charge in [0.2, 0.25) is 0 Å². The summed E-state index contributed by atoms with van der Waals surface area (Å²) in [6.07, 6.45) is 1.40. The number of amides is 1. The topological polar surface area (TPSA) is 83.5 Å². The minimum atomic E-state index is -0.546. The van der Waals surface area contributed by atoms with Crippen molar-refractivity contribution in [1.82, 2.24) is 10.4 Å². The predicted molar refractivity (Wildman–Crippen MR) is 170 cm³/mol. The van der Waals surface area contributed by atoms with E-state index in [0.29, 0.717) is 46.6 Å². The van der Waals surface area contributed by atoms with Gasteiger partial charge < -0.3 is 9.72 Å². The smallest absolute Gasteiger partial charge is 0.343 e. The van der Waals surface area contributed by atoms with E-state index in [0.717, 1.165) is 10.0 Å². The average molecular weight is 765 g/mol. The molecule has 0 atom stereocenters. The van der Waals surface area contributed by atoms with E-state index in [4.69, 9.17) is 27.9 Å². The maximum absolute atomic E-state index is 13.4. The molecule has 0 unspecified atom stereocenters. The molecule has 1 heterocycles. The average Bonchev–Trinajstić information content (AvgIpc) is 3.31. The van der Waals surface area contributed by atoms with Gasteiger partial charge >= 0.3 is 5.97 Å². The van der Waals surface area contributed by atoms with Crippen LogP contribution in [0.25, 0.3) is 22.0 Å². The molecule has 40 heavy (non-hydrogen) atoms. The van der Waals surface area contributed by atoms with Crippen molar-refractivity contribution in [2.75, 3.05) is 0 Å². The number of H-pyrrole nitrogens is 1. The number of aromatic nitrogens is 1. The summed E-state index contributed by atoms with van der Waals surface area (Å²) in [7, 11) is 0. The highest BCUT2D eigenvalue weighted by Gasteiger charge is 2.22. The van der Waals surface area contributed by atoms with Gasteiger partial charge in [-0.05, 0) is 70.0 Å². The number of ether oxygens (including phenoxy) is 1. The molecule has 11 heteroatoms. The largest absolute Gasteiger partial charge is 0.421 e. The molecule has 1 aromatic heterocycles. The number of carbonyl (C=O) groups is 2. The summed E-state index contributed by atoms with van der Waals surface area (Å²) >= 11 is 23.0. The van der Waals surface area contributed by atoms with Crippen LogP contribution >= 0.6 is 71.0 Å². The number of rotatable bonds is 6. The van der Waals surface area contributed by atoms with Crippen LogP contribution in [0.5, 0.6) is 5.75 Å². The Morgan fingerprint density at radius 2 is 1.62 bits per heavy atom. The zero-order valence-electron chi connectivity index (χ0n) is 20.1. The molecule has 2 N–H and O–H groups in total. The molecule has 6 nitrogen and oxygen atoms in total. The van der Waals surface area contributed by atoms with Gasteiger partial charge in [0.1, 0.15) is 5.69 Å². The maximum atomic E-state index is 13.4. The van der Waals surface area contributed by atoms with Gasteiger partial charge in [0.15, 0.2) is 5.75 Å². The van der Waals surface area contributed by atoms with E-state index < -0.39 is 11.9 Å². The summed E-state index contributed by atoms with van der Waals surface area (Å²) in [5, 5.41) is 5.68. The van der Waals surface area contributed by atoms with Gasteiger partial charge in [-0.15, -0.1) is 0 Å². The van der Waals surface area contributed by atoms with E-state index in [1.54, 1.807) is 48.5 Å². The van der Waals surface area contributed by atoms with E-state index in [1.807, 2.05) is 30.3 Å². The Kier molecular flexibility index (Phi) is 8.77. The first-order chi connectivity index (χ1) is 19.2. The molecule has 5 aromatic rings. The number of carbonyl (C=O) groups excluding carboxylic acids is 2. The van der Waals surface area contributed by atoms with Gasteiger partial charge in [-0.2, -0.15) is 5.10 Å². The molecule has 0 saturated carbocycles. The first-order valence-corrected chi connectivity index (χ1v) is 14.7. The standard InChI is InChI=1S/C29H16Br3Cl2N3O3/c30-18-8-6-16(7-9-18)29(39)40-27-17(10-19(31)11-21(27)32)14-35-37-28(38)26-24(15-4-2-1-3-5-15)25-22(34)12-20(33)13-23(25)36-26/h1-14,36H,(H,37,38). The number of benzene rings is 4. The SMILES string of the molecule is O=C(Oc1c(Br)cc(Br)cc1C=NNC(=O)c1[nH]c2cc(Cl)cc(Cl)c2c1-c1ccccc1)c1ccc(Br)cc1. The first kappa shape index (κ1) is 28.6.